The van der Waals surface area contributed by atoms with Gasteiger partial charge in [-0.3, -0.25) is 9.48 Å². The lowest BCUT2D eigenvalue weighted by Crippen LogP contribution is -2.17. The lowest BCUT2D eigenvalue weighted by molar-refractivity contribution is 0.0990. The Balaban J connectivity index is 2.56. The molecule has 4 heteroatoms. The first-order chi connectivity index (χ1) is 6.11. The fourth-order valence-electron chi connectivity index (χ4n) is 1.83. The molecule has 1 heterocycles. The van der Waals surface area contributed by atoms with E-state index in [1.807, 2.05) is 6.92 Å². The third-order valence-electron chi connectivity index (χ3n) is 2.49. The van der Waals surface area contributed by atoms with Gasteiger partial charge in [0, 0.05) is 12.6 Å². The summed E-state index contributed by atoms with van der Waals surface area (Å²) in [6.45, 7) is 1.93. The van der Waals surface area contributed by atoms with Gasteiger partial charge in [0.1, 0.15) is 5.69 Å². The van der Waals surface area contributed by atoms with Crippen LogP contribution in [0.5, 0.6) is 0 Å². The SMILES string of the molecule is Cc1nn(C)c(C(N)=O)c1C1CC1. The second-order valence-electron chi connectivity index (χ2n) is 3.61. The molecule has 1 aliphatic rings. The van der Waals surface area contributed by atoms with Crippen LogP contribution in [0.15, 0.2) is 0 Å². The second kappa shape index (κ2) is 2.58. The third kappa shape index (κ3) is 1.22. The van der Waals surface area contributed by atoms with Crippen LogP contribution >= 0.6 is 0 Å². The van der Waals surface area contributed by atoms with Crippen LogP contribution in [0.25, 0.3) is 0 Å². The van der Waals surface area contributed by atoms with E-state index >= 15 is 0 Å². The maximum absolute atomic E-state index is 11.1. The first-order valence-corrected chi connectivity index (χ1v) is 4.44. The summed E-state index contributed by atoms with van der Waals surface area (Å²) in [6, 6.07) is 0. The molecule has 13 heavy (non-hydrogen) atoms. The van der Waals surface area contributed by atoms with Crippen LogP contribution in [0.3, 0.4) is 0 Å². The van der Waals surface area contributed by atoms with Gasteiger partial charge in [0.05, 0.1) is 5.69 Å². The van der Waals surface area contributed by atoms with Gasteiger partial charge in [0.25, 0.3) is 5.91 Å². The zero-order chi connectivity index (χ0) is 9.59. The van der Waals surface area contributed by atoms with Crippen molar-refractivity contribution >= 4 is 5.91 Å². The van der Waals surface area contributed by atoms with Gasteiger partial charge >= 0.3 is 0 Å². The highest BCUT2D eigenvalue weighted by atomic mass is 16.1. The normalized spacial score (nSPS) is 16.2. The minimum Gasteiger partial charge on any atom is -0.364 e. The van der Waals surface area contributed by atoms with Crippen LogP contribution in [0.2, 0.25) is 0 Å². The van der Waals surface area contributed by atoms with E-state index in [2.05, 4.69) is 5.10 Å². The van der Waals surface area contributed by atoms with Crippen LogP contribution < -0.4 is 5.73 Å². The number of carbonyl (C=O) groups is 1. The van der Waals surface area contributed by atoms with Crippen LogP contribution in [0, 0.1) is 6.92 Å². The molecule has 1 aromatic heterocycles. The molecule has 4 nitrogen and oxygen atoms in total. The highest BCUT2D eigenvalue weighted by molar-refractivity contribution is 5.93. The van der Waals surface area contributed by atoms with E-state index in [9.17, 15) is 4.79 Å². The van der Waals surface area contributed by atoms with E-state index in [1.54, 1.807) is 11.7 Å². The van der Waals surface area contributed by atoms with Gasteiger partial charge in [0.15, 0.2) is 0 Å². The van der Waals surface area contributed by atoms with Gasteiger partial charge in [-0.15, -0.1) is 0 Å². The molecule has 1 amide bonds. The molecule has 0 radical (unpaired) electrons. The third-order valence-corrected chi connectivity index (χ3v) is 2.49. The standard InChI is InChI=1S/C9H13N3O/c1-5-7(6-3-4-6)8(9(10)13)12(2)11-5/h6H,3-4H2,1-2H3,(H2,10,13). The summed E-state index contributed by atoms with van der Waals surface area (Å²) in [5.41, 5.74) is 7.89. The van der Waals surface area contributed by atoms with Gasteiger partial charge in [-0.2, -0.15) is 5.10 Å². The van der Waals surface area contributed by atoms with Crippen molar-refractivity contribution in [3.05, 3.63) is 17.0 Å². The van der Waals surface area contributed by atoms with E-state index in [0.29, 0.717) is 11.6 Å². The van der Waals surface area contributed by atoms with E-state index in [0.717, 1.165) is 24.1 Å². The minimum atomic E-state index is -0.370. The molecule has 1 aromatic rings. The molecule has 0 atom stereocenters. The van der Waals surface area contributed by atoms with Gasteiger partial charge in [0.2, 0.25) is 0 Å². The van der Waals surface area contributed by atoms with Gasteiger partial charge < -0.3 is 5.73 Å². The summed E-state index contributed by atoms with van der Waals surface area (Å²) in [6.07, 6.45) is 2.32. The number of amides is 1. The van der Waals surface area contributed by atoms with Crippen molar-refractivity contribution in [2.45, 2.75) is 25.7 Å². The number of hydrogen-bond acceptors (Lipinski definition) is 2. The largest absolute Gasteiger partial charge is 0.364 e. The molecule has 0 aliphatic heterocycles. The number of aromatic nitrogens is 2. The Morgan fingerprint density at radius 1 is 1.62 bits per heavy atom. The highest BCUT2D eigenvalue weighted by Gasteiger charge is 2.32. The van der Waals surface area contributed by atoms with Gasteiger partial charge in [-0.05, 0) is 25.7 Å². The summed E-state index contributed by atoms with van der Waals surface area (Å²) < 4.78 is 1.59. The van der Waals surface area contributed by atoms with Crippen molar-refractivity contribution in [1.29, 1.82) is 0 Å². The lowest BCUT2D eigenvalue weighted by atomic mass is 10.1. The lowest BCUT2D eigenvalue weighted by Gasteiger charge is -1.99. The molecule has 70 valence electrons. The number of aryl methyl sites for hydroxylation is 2. The van der Waals surface area contributed by atoms with Crippen LogP contribution in [0.4, 0.5) is 0 Å². The smallest absolute Gasteiger partial charge is 0.267 e. The fraction of sp³-hybridized carbons (Fsp3) is 0.556. The van der Waals surface area contributed by atoms with Gasteiger partial charge in [-0.1, -0.05) is 0 Å². The molecule has 0 unspecified atom stereocenters. The van der Waals surface area contributed by atoms with Crippen molar-refractivity contribution in [3.8, 4) is 0 Å². The molecule has 0 saturated heterocycles. The second-order valence-corrected chi connectivity index (χ2v) is 3.61. The number of nitrogens with zero attached hydrogens (tertiary/aromatic N) is 2. The van der Waals surface area contributed by atoms with Crippen molar-refractivity contribution in [2.75, 3.05) is 0 Å². The van der Waals surface area contributed by atoms with Crippen molar-refractivity contribution in [2.24, 2.45) is 12.8 Å². The van der Waals surface area contributed by atoms with E-state index in [4.69, 9.17) is 5.73 Å². The zero-order valence-electron chi connectivity index (χ0n) is 7.87. The van der Waals surface area contributed by atoms with Crippen molar-refractivity contribution in [3.63, 3.8) is 0 Å². The molecule has 0 aromatic carbocycles. The van der Waals surface area contributed by atoms with E-state index in [-0.39, 0.29) is 5.91 Å². The van der Waals surface area contributed by atoms with Crippen LogP contribution in [-0.2, 0) is 7.05 Å². The number of rotatable bonds is 2. The first-order valence-electron chi connectivity index (χ1n) is 4.44. The molecule has 2 N–H and O–H groups in total. The maximum Gasteiger partial charge on any atom is 0.267 e. The number of nitrogens with two attached hydrogens (primary N) is 1. The number of hydrogen-bond donors (Lipinski definition) is 1. The molecule has 0 bridgehead atoms. The number of primary amides is 1. The Hall–Kier alpha value is -1.32. The Morgan fingerprint density at radius 2 is 2.23 bits per heavy atom. The van der Waals surface area contributed by atoms with Gasteiger partial charge in [-0.25, -0.2) is 0 Å². The molecule has 1 saturated carbocycles. The zero-order valence-corrected chi connectivity index (χ0v) is 7.87. The van der Waals surface area contributed by atoms with E-state index < -0.39 is 0 Å². The van der Waals surface area contributed by atoms with Crippen molar-refractivity contribution < 1.29 is 4.79 Å². The molecule has 1 aliphatic carbocycles. The topological polar surface area (TPSA) is 60.9 Å². The predicted octanol–water partition coefficient (Wildman–Crippen LogP) is 0.705. The summed E-state index contributed by atoms with van der Waals surface area (Å²) in [5.74, 6) is 0.154. The summed E-state index contributed by atoms with van der Waals surface area (Å²) in [5, 5.41) is 4.21. The Labute approximate surface area is 76.7 Å². The minimum absolute atomic E-state index is 0.370. The fourth-order valence-corrected chi connectivity index (χ4v) is 1.83. The number of carbonyl (C=O) groups excluding carboxylic acids is 1. The monoisotopic (exact) mass is 179 g/mol. The molecule has 1 fully saturated rings. The Morgan fingerprint density at radius 3 is 2.69 bits per heavy atom. The summed E-state index contributed by atoms with van der Waals surface area (Å²) in [4.78, 5) is 11.1. The molecule has 2 rings (SSSR count). The maximum atomic E-state index is 11.1. The Kier molecular flexibility index (Phi) is 1.65. The average molecular weight is 179 g/mol. The van der Waals surface area contributed by atoms with Crippen LogP contribution in [0.1, 0.15) is 40.5 Å². The highest BCUT2D eigenvalue weighted by Crippen LogP contribution is 2.42. The summed E-state index contributed by atoms with van der Waals surface area (Å²) in [7, 11) is 1.76. The summed E-state index contributed by atoms with van der Waals surface area (Å²) >= 11 is 0. The van der Waals surface area contributed by atoms with E-state index in [1.165, 1.54) is 0 Å². The quantitative estimate of drug-likeness (QED) is 0.726. The predicted molar refractivity (Wildman–Crippen MR) is 48.4 cm³/mol. The molecule has 0 spiro atoms. The molecular formula is C9H13N3O. The Bertz CT molecular complexity index is 363. The average Bonchev–Trinajstić information content (AvgIpc) is 2.77. The first kappa shape index (κ1) is 8.29. The van der Waals surface area contributed by atoms with Crippen LogP contribution in [-0.4, -0.2) is 15.7 Å². The van der Waals surface area contributed by atoms with Crippen molar-refractivity contribution in [1.82, 2.24) is 9.78 Å². The molecular weight excluding hydrogens is 166 g/mol.